The summed E-state index contributed by atoms with van der Waals surface area (Å²) >= 11 is 0. The summed E-state index contributed by atoms with van der Waals surface area (Å²) in [7, 11) is -3.46. The van der Waals surface area contributed by atoms with Crippen LogP contribution in [-0.2, 0) is 27.8 Å². The normalized spacial score (nSPS) is 19.9. The number of fused-ring (bicyclic) bond motifs is 1. The van der Waals surface area contributed by atoms with Gasteiger partial charge in [-0.25, -0.2) is 8.42 Å². The predicted octanol–water partition coefficient (Wildman–Crippen LogP) is 1.37. The molecule has 0 bridgehead atoms. The minimum atomic E-state index is -3.46. The fraction of sp³-hybridized carbons (Fsp3) is 0.611. The number of hydrogen-bond donors (Lipinski definition) is 1. The average Bonchev–Trinajstić information content (AvgIpc) is 3.14. The maximum Gasteiger partial charge on any atom is 0.251 e. The van der Waals surface area contributed by atoms with Crippen molar-refractivity contribution in [1.29, 1.82) is 0 Å². The summed E-state index contributed by atoms with van der Waals surface area (Å²) in [5.41, 5.74) is 1.93. The minimum Gasteiger partial charge on any atom is -0.383 e. The molecule has 0 radical (unpaired) electrons. The van der Waals surface area contributed by atoms with Crippen LogP contribution in [0.1, 0.15) is 37.8 Å². The SMILES string of the molecule is CC(C)C(O)C(=O)N1CCc2ccc(S(=O)(=O)N3CCCC3)cc2C1. The molecule has 1 fully saturated rings. The van der Waals surface area contributed by atoms with E-state index in [0.717, 1.165) is 24.0 Å². The molecule has 0 aliphatic carbocycles. The Labute approximate surface area is 149 Å². The van der Waals surface area contributed by atoms with Crippen LogP contribution in [0, 0.1) is 5.92 Å². The van der Waals surface area contributed by atoms with Crippen molar-refractivity contribution in [2.75, 3.05) is 19.6 Å². The standard InChI is InChI=1S/C18H26N2O4S/c1-13(2)17(21)18(22)19-10-7-14-5-6-16(11-15(14)12-19)25(23,24)20-8-3-4-9-20/h5-6,11,13,17,21H,3-4,7-10,12H2,1-2H3. The van der Waals surface area contributed by atoms with Gasteiger partial charge in [-0.05, 0) is 48.4 Å². The maximum absolute atomic E-state index is 12.7. The number of hydrogen-bond acceptors (Lipinski definition) is 4. The van der Waals surface area contributed by atoms with Crippen LogP contribution in [0.5, 0.6) is 0 Å². The highest BCUT2D eigenvalue weighted by molar-refractivity contribution is 7.89. The molecule has 2 aliphatic heterocycles. The molecule has 1 aromatic carbocycles. The average molecular weight is 366 g/mol. The van der Waals surface area contributed by atoms with Crippen molar-refractivity contribution in [3.63, 3.8) is 0 Å². The van der Waals surface area contributed by atoms with E-state index in [1.807, 2.05) is 6.07 Å². The van der Waals surface area contributed by atoms with Gasteiger partial charge in [0.2, 0.25) is 10.0 Å². The van der Waals surface area contributed by atoms with Crippen molar-refractivity contribution >= 4 is 15.9 Å². The topological polar surface area (TPSA) is 77.9 Å². The zero-order valence-electron chi connectivity index (χ0n) is 14.8. The Kier molecular flexibility index (Phi) is 5.18. The van der Waals surface area contributed by atoms with Crippen molar-refractivity contribution in [1.82, 2.24) is 9.21 Å². The van der Waals surface area contributed by atoms with Gasteiger partial charge in [0, 0.05) is 26.2 Å². The van der Waals surface area contributed by atoms with Crippen LogP contribution in [0.4, 0.5) is 0 Å². The molecule has 0 saturated carbocycles. The Morgan fingerprint density at radius 2 is 1.80 bits per heavy atom. The molecule has 0 spiro atoms. The third-order valence-electron chi connectivity index (χ3n) is 5.09. The number of carbonyl (C=O) groups excluding carboxylic acids is 1. The molecule has 1 N–H and O–H groups in total. The Bertz CT molecular complexity index is 754. The first kappa shape index (κ1) is 18.4. The predicted molar refractivity (Wildman–Crippen MR) is 94.4 cm³/mol. The molecule has 1 aromatic rings. The van der Waals surface area contributed by atoms with E-state index < -0.39 is 16.1 Å². The third kappa shape index (κ3) is 3.59. The van der Waals surface area contributed by atoms with E-state index in [2.05, 4.69) is 0 Å². The van der Waals surface area contributed by atoms with Crippen molar-refractivity contribution in [3.05, 3.63) is 29.3 Å². The number of amides is 1. The first-order chi connectivity index (χ1) is 11.8. The van der Waals surface area contributed by atoms with Crippen LogP contribution < -0.4 is 0 Å². The van der Waals surface area contributed by atoms with Crippen molar-refractivity contribution in [2.45, 2.75) is 50.7 Å². The molecule has 1 unspecified atom stereocenters. The molecule has 1 saturated heterocycles. The highest BCUT2D eigenvalue weighted by Gasteiger charge is 2.30. The van der Waals surface area contributed by atoms with Crippen molar-refractivity contribution in [3.8, 4) is 0 Å². The Morgan fingerprint density at radius 1 is 1.12 bits per heavy atom. The van der Waals surface area contributed by atoms with E-state index in [4.69, 9.17) is 0 Å². The van der Waals surface area contributed by atoms with Crippen LogP contribution in [0.2, 0.25) is 0 Å². The second kappa shape index (κ2) is 7.05. The van der Waals surface area contributed by atoms with Crippen LogP contribution in [0.15, 0.2) is 23.1 Å². The zero-order valence-corrected chi connectivity index (χ0v) is 15.6. The number of carbonyl (C=O) groups is 1. The van der Waals surface area contributed by atoms with Crippen LogP contribution in [0.25, 0.3) is 0 Å². The van der Waals surface area contributed by atoms with Gasteiger partial charge in [0.15, 0.2) is 0 Å². The zero-order chi connectivity index (χ0) is 18.2. The number of nitrogens with zero attached hydrogens (tertiary/aromatic N) is 2. The Hall–Kier alpha value is -1.44. The van der Waals surface area contributed by atoms with Crippen LogP contribution in [-0.4, -0.2) is 54.4 Å². The second-order valence-corrected chi connectivity index (χ2v) is 9.18. The highest BCUT2D eigenvalue weighted by atomic mass is 32.2. The summed E-state index contributed by atoms with van der Waals surface area (Å²) in [5.74, 6) is -0.427. The number of aliphatic hydroxyl groups excluding tert-OH is 1. The van der Waals surface area contributed by atoms with Gasteiger partial charge in [0.1, 0.15) is 6.10 Å². The summed E-state index contributed by atoms with van der Waals surface area (Å²) in [6, 6.07) is 5.23. The fourth-order valence-corrected chi connectivity index (χ4v) is 5.00. The van der Waals surface area contributed by atoms with Crippen molar-refractivity contribution in [2.24, 2.45) is 5.92 Å². The number of rotatable bonds is 4. The molecule has 6 nitrogen and oxygen atoms in total. The number of sulfonamides is 1. The van der Waals surface area contributed by atoms with Gasteiger partial charge in [0.25, 0.3) is 5.91 Å². The molecule has 138 valence electrons. The van der Waals surface area contributed by atoms with Crippen LogP contribution in [0.3, 0.4) is 0 Å². The first-order valence-corrected chi connectivity index (χ1v) is 10.3. The molecule has 25 heavy (non-hydrogen) atoms. The summed E-state index contributed by atoms with van der Waals surface area (Å²) < 4.78 is 27.0. The maximum atomic E-state index is 12.7. The van der Waals surface area contributed by atoms with E-state index in [1.54, 1.807) is 30.9 Å². The van der Waals surface area contributed by atoms with Gasteiger partial charge in [0.05, 0.1) is 4.90 Å². The molecule has 1 atom stereocenters. The molecular formula is C18H26N2O4S. The lowest BCUT2D eigenvalue weighted by molar-refractivity contribution is -0.143. The van der Waals surface area contributed by atoms with Gasteiger partial charge < -0.3 is 10.0 Å². The Morgan fingerprint density at radius 3 is 2.44 bits per heavy atom. The monoisotopic (exact) mass is 366 g/mol. The summed E-state index contributed by atoms with van der Waals surface area (Å²) in [6.07, 6.45) is 1.47. The Balaban J connectivity index is 1.83. The quantitative estimate of drug-likeness (QED) is 0.873. The fourth-order valence-electron chi connectivity index (χ4n) is 3.43. The first-order valence-electron chi connectivity index (χ1n) is 8.89. The van der Waals surface area contributed by atoms with Gasteiger partial charge >= 0.3 is 0 Å². The number of benzene rings is 1. The van der Waals surface area contributed by atoms with Gasteiger partial charge in [-0.1, -0.05) is 19.9 Å². The second-order valence-electron chi connectivity index (χ2n) is 7.24. The largest absolute Gasteiger partial charge is 0.383 e. The smallest absolute Gasteiger partial charge is 0.251 e. The highest BCUT2D eigenvalue weighted by Crippen LogP contribution is 2.26. The lowest BCUT2D eigenvalue weighted by Crippen LogP contribution is -2.44. The lowest BCUT2D eigenvalue weighted by atomic mass is 9.98. The molecule has 2 heterocycles. The summed E-state index contributed by atoms with van der Waals surface area (Å²) in [4.78, 5) is 14.3. The number of aliphatic hydroxyl groups is 1. The molecule has 7 heteroatoms. The van der Waals surface area contributed by atoms with E-state index in [1.165, 1.54) is 4.31 Å². The third-order valence-corrected chi connectivity index (χ3v) is 6.98. The van der Waals surface area contributed by atoms with E-state index in [9.17, 15) is 18.3 Å². The summed E-state index contributed by atoms with van der Waals surface area (Å²) in [6.45, 7) is 5.66. The van der Waals surface area contributed by atoms with Gasteiger partial charge in [-0.3, -0.25) is 4.79 Å². The van der Waals surface area contributed by atoms with Crippen molar-refractivity contribution < 1.29 is 18.3 Å². The summed E-state index contributed by atoms with van der Waals surface area (Å²) in [5, 5.41) is 10.0. The van der Waals surface area contributed by atoms with Crippen LogP contribution >= 0.6 is 0 Å². The minimum absolute atomic E-state index is 0.143. The lowest BCUT2D eigenvalue weighted by Gasteiger charge is -2.31. The van der Waals surface area contributed by atoms with Gasteiger partial charge in [-0.15, -0.1) is 0 Å². The molecule has 0 aromatic heterocycles. The van der Waals surface area contributed by atoms with E-state index in [-0.39, 0.29) is 11.8 Å². The molecule has 3 rings (SSSR count). The molecule has 1 amide bonds. The molecular weight excluding hydrogens is 340 g/mol. The van der Waals surface area contributed by atoms with Gasteiger partial charge in [-0.2, -0.15) is 4.31 Å². The molecule has 2 aliphatic rings. The van der Waals surface area contributed by atoms with E-state index >= 15 is 0 Å². The van der Waals surface area contributed by atoms with E-state index in [0.29, 0.717) is 37.5 Å².